The first-order chi connectivity index (χ1) is 12.3. The smallest absolute Gasteiger partial charge is 0.332 e. The summed E-state index contributed by atoms with van der Waals surface area (Å²) < 4.78 is 10.4. The Kier molecular flexibility index (Phi) is 5.34. The molecule has 1 fully saturated rings. The van der Waals surface area contributed by atoms with Crippen LogP contribution < -0.4 is 11.2 Å². The third kappa shape index (κ3) is 3.35. The van der Waals surface area contributed by atoms with E-state index in [1.807, 2.05) is 4.57 Å². The fourth-order valence-corrected chi connectivity index (χ4v) is 3.78. The van der Waals surface area contributed by atoms with E-state index in [1.165, 1.54) is 11.6 Å². The number of fused-ring (bicyclic) bond motifs is 1. The van der Waals surface area contributed by atoms with Crippen LogP contribution in [-0.2, 0) is 31.9 Å². The summed E-state index contributed by atoms with van der Waals surface area (Å²) in [6.45, 7) is 9.30. The normalized spacial score (nSPS) is 21.6. The molecule has 0 aromatic carbocycles. The Morgan fingerprint density at radius 2 is 1.77 bits per heavy atom. The van der Waals surface area contributed by atoms with Gasteiger partial charge in [-0.15, -0.1) is 0 Å². The summed E-state index contributed by atoms with van der Waals surface area (Å²) in [5.41, 5.74) is 0.371. The first-order valence-corrected chi connectivity index (χ1v) is 9.36. The summed E-state index contributed by atoms with van der Waals surface area (Å²) in [4.78, 5) is 32.0. The van der Waals surface area contributed by atoms with Crippen molar-refractivity contribution in [2.24, 2.45) is 14.1 Å². The van der Waals surface area contributed by atoms with Gasteiger partial charge in [-0.05, 0) is 20.3 Å². The lowest BCUT2D eigenvalue weighted by Gasteiger charge is -2.35. The van der Waals surface area contributed by atoms with Gasteiger partial charge < -0.3 is 9.30 Å². The summed E-state index contributed by atoms with van der Waals surface area (Å²) >= 11 is 0. The lowest BCUT2D eigenvalue weighted by Crippen LogP contribution is -2.45. The van der Waals surface area contributed by atoms with E-state index in [4.69, 9.17) is 9.72 Å². The quantitative estimate of drug-likeness (QED) is 0.787. The molecule has 8 heteroatoms. The highest BCUT2D eigenvalue weighted by Gasteiger charge is 2.25. The number of unbranched alkanes of at least 4 members (excludes halogenated alkanes) is 1. The summed E-state index contributed by atoms with van der Waals surface area (Å²) in [6, 6.07) is 0. The molecule has 0 saturated carbocycles. The highest BCUT2D eigenvalue weighted by Crippen LogP contribution is 2.17. The number of morpholine rings is 1. The molecule has 0 unspecified atom stereocenters. The molecule has 26 heavy (non-hydrogen) atoms. The summed E-state index contributed by atoms with van der Waals surface area (Å²) in [6.07, 6.45) is 2.32. The van der Waals surface area contributed by atoms with Crippen LogP contribution in [0.1, 0.15) is 39.4 Å². The van der Waals surface area contributed by atoms with E-state index in [0.717, 1.165) is 42.9 Å². The van der Waals surface area contributed by atoms with Crippen LogP contribution in [-0.4, -0.2) is 48.9 Å². The number of ether oxygens (including phenoxy) is 1. The zero-order valence-corrected chi connectivity index (χ0v) is 16.4. The van der Waals surface area contributed by atoms with Crippen LogP contribution in [0, 0.1) is 0 Å². The molecule has 0 amide bonds. The minimum atomic E-state index is -0.345. The third-order valence-electron chi connectivity index (χ3n) is 5.02. The van der Waals surface area contributed by atoms with E-state index in [9.17, 15) is 9.59 Å². The number of aromatic nitrogens is 4. The molecule has 8 nitrogen and oxygen atoms in total. The lowest BCUT2D eigenvalue weighted by molar-refractivity contribution is -0.0712. The zero-order valence-electron chi connectivity index (χ0n) is 16.4. The van der Waals surface area contributed by atoms with Crippen LogP contribution in [0.4, 0.5) is 0 Å². The molecule has 0 bridgehead atoms. The van der Waals surface area contributed by atoms with Crippen molar-refractivity contribution < 1.29 is 4.74 Å². The second-order valence-corrected chi connectivity index (χ2v) is 7.36. The average Bonchev–Trinajstić information content (AvgIpc) is 2.93. The molecule has 2 aromatic heterocycles. The van der Waals surface area contributed by atoms with E-state index in [0.29, 0.717) is 17.7 Å². The van der Waals surface area contributed by atoms with Crippen LogP contribution in [0.3, 0.4) is 0 Å². The molecular weight excluding hydrogens is 334 g/mol. The highest BCUT2D eigenvalue weighted by atomic mass is 16.5. The van der Waals surface area contributed by atoms with Crippen LogP contribution in [0.15, 0.2) is 9.59 Å². The van der Waals surface area contributed by atoms with Gasteiger partial charge in [0.1, 0.15) is 5.82 Å². The van der Waals surface area contributed by atoms with Crippen LogP contribution in [0.5, 0.6) is 0 Å². The molecule has 144 valence electrons. The minimum Gasteiger partial charge on any atom is -0.373 e. The van der Waals surface area contributed by atoms with E-state index in [2.05, 4.69) is 25.7 Å². The van der Waals surface area contributed by atoms with E-state index >= 15 is 0 Å². The standard InChI is InChI=1S/C18H29N5O3/c1-6-7-8-23-14(11-22-9-12(2)26-13(3)10-22)19-16-15(23)17(24)21(5)18(25)20(16)4/h12-13H,6-11H2,1-5H3/t12-,13-/m1/s1. The Bertz CT molecular complexity index is 900. The highest BCUT2D eigenvalue weighted by molar-refractivity contribution is 5.71. The molecule has 3 rings (SSSR count). The van der Waals surface area contributed by atoms with Crippen molar-refractivity contribution in [2.45, 2.75) is 58.9 Å². The SMILES string of the molecule is CCCCn1c(CN2C[C@@H](C)O[C@H](C)C2)nc2c1c(=O)n(C)c(=O)n2C. The molecule has 1 saturated heterocycles. The van der Waals surface area contributed by atoms with Gasteiger partial charge in [-0.25, -0.2) is 9.78 Å². The van der Waals surface area contributed by atoms with Gasteiger partial charge >= 0.3 is 5.69 Å². The fraction of sp³-hybridized carbons (Fsp3) is 0.722. The van der Waals surface area contributed by atoms with Crippen molar-refractivity contribution in [1.29, 1.82) is 0 Å². The van der Waals surface area contributed by atoms with Gasteiger partial charge in [-0.1, -0.05) is 13.3 Å². The van der Waals surface area contributed by atoms with Gasteiger partial charge in [0, 0.05) is 33.7 Å². The van der Waals surface area contributed by atoms with Crippen molar-refractivity contribution in [3.8, 4) is 0 Å². The maximum absolute atomic E-state index is 12.8. The molecule has 3 heterocycles. The van der Waals surface area contributed by atoms with Crippen molar-refractivity contribution in [3.63, 3.8) is 0 Å². The maximum Gasteiger partial charge on any atom is 0.332 e. The fourth-order valence-electron chi connectivity index (χ4n) is 3.78. The van der Waals surface area contributed by atoms with Gasteiger partial charge in [0.15, 0.2) is 11.2 Å². The molecule has 0 radical (unpaired) electrons. The third-order valence-corrected chi connectivity index (χ3v) is 5.02. The van der Waals surface area contributed by atoms with E-state index in [-0.39, 0.29) is 23.5 Å². The number of nitrogens with zero attached hydrogens (tertiary/aromatic N) is 5. The summed E-state index contributed by atoms with van der Waals surface area (Å²) in [7, 11) is 3.19. The molecule has 0 spiro atoms. The van der Waals surface area contributed by atoms with E-state index < -0.39 is 0 Å². The molecule has 1 aliphatic rings. The first-order valence-electron chi connectivity index (χ1n) is 9.36. The topological polar surface area (TPSA) is 74.3 Å². The summed E-state index contributed by atoms with van der Waals surface area (Å²) in [5.74, 6) is 0.841. The minimum absolute atomic E-state index is 0.171. The average molecular weight is 363 g/mol. The number of hydrogen-bond acceptors (Lipinski definition) is 5. The Morgan fingerprint density at radius 3 is 2.38 bits per heavy atom. The van der Waals surface area contributed by atoms with Crippen LogP contribution >= 0.6 is 0 Å². The Morgan fingerprint density at radius 1 is 1.12 bits per heavy atom. The number of rotatable bonds is 5. The number of hydrogen-bond donors (Lipinski definition) is 0. The Labute approximate surface area is 153 Å². The van der Waals surface area contributed by atoms with Gasteiger partial charge in [-0.2, -0.15) is 0 Å². The molecule has 2 atom stereocenters. The van der Waals surface area contributed by atoms with Gasteiger partial charge in [0.2, 0.25) is 0 Å². The van der Waals surface area contributed by atoms with Crippen molar-refractivity contribution in [3.05, 3.63) is 26.7 Å². The zero-order chi connectivity index (χ0) is 19.0. The lowest BCUT2D eigenvalue weighted by atomic mass is 10.2. The van der Waals surface area contributed by atoms with Gasteiger partial charge in [0.05, 0.1) is 18.8 Å². The van der Waals surface area contributed by atoms with Crippen molar-refractivity contribution >= 4 is 11.2 Å². The van der Waals surface area contributed by atoms with Gasteiger partial charge in [-0.3, -0.25) is 18.8 Å². The van der Waals surface area contributed by atoms with Crippen LogP contribution in [0.25, 0.3) is 11.2 Å². The largest absolute Gasteiger partial charge is 0.373 e. The van der Waals surface area contributed by atoms with Crippen LogP contribution in [0.2, 0.25) is 0 Å². The predicted octanol–water partition coefficient (Wildman–Crippen LogP) is 0.843. The molecular formula is C18H29N5O3. The second kappa shape index (κ2) is 7.36. The predicted molar refractivity (Wildman–Crippen MR) is 100 cm³/mol. The molecule has 1 aliphatic heterocycles. The second-order valence-electron chi connectivity index (χ2n) is 7.36. The molecule has 0 N–H and O–H groups in total. The Hall–Kier alpha value is -1.93. The first kappa shape index (κ1) is 18.8. The van der Waals surface area contributed by atoms with Gasteiger partial charge in [0.25, 0.3) is 5.56 Å². The number of imidazole rings is 1. The maximum atomic E-state index is 12.8. The molecule has 0 aliphatic carbocycles. The summed E-state index contributed by atoms with van der Waals surface area (Å²) in [5, 5.41) is 0. The van der Waals surface area contributed by atoms with E-state index in [1.54, 1.807) is 7.05 Å². The van der Waals surface area contributed by atoms with Crippen molar-refractivity contribution in [2.75, 3.05) is 13.1 Å². The van der Waals surface area contributed by atoms with Crippen molar-refractivity contribution in [1.82, 2.24) is 23.6 Å². The number of aryl methyl sites for hydroxylation is 2. The monoisotopic (exact) mass is 363 g/mol. The Balaban J connectivity index is 2.09. The molecule has 2 aromatic rings.